The standard InChI is InChI=1S/C8H12N2O4/c1-10-6(5(13-2)4-9-10)7(11)8(12)14-3/h4,7,11H,1-3H3. The smallest absolute Gasteiger partial charge is 0.341 e. The third-order valence-corrected chi connectivity index (χ3v) is 1.85. The van der Waals surface area contributed by atoms with Crippen LogP contribution in [0.1, 0.15) is 11.8 Å². The molecule has 0 saturated heterocycles. The first kappa shape index (κ1) is 10.5. The number of methoxy groups -OCH3 is 2. The summed E-state index contributed by atoms with van der Waals surface area (Å²) in [5.74, 6) is -0.391. The van der Waals surface area contributed by atoms with E-state index in [0.29, 0.717) is 5.75 Å². The summed E-state index contributed by atoms with van der Waals surface area (Å²) >= 11 is 0. The van der Waals surface area contributed by atoms with Crippen molar-refractivity contribution in [1.82, 2.24) is 9.78 Å². The number of carbonyl (C=O) groups excluding carboxylic acids is 1. The summed E-state index contributed by atoms with van der Waals surface area (Å²) in [5.41, 5.74) is 0.277. The SMILES string of the molecule is COC(=O)C(O)c1c(OC)cnn1C. The topological polar surface area (TPSA) is 73.6 Å². The molecular formula is C8H12N2O4. The summed E-state index contributed by atoms with van der Waals surface area (Å²) in [5, 5.41) is 13.4. The van der Waals surface area contributed by atoms with Crippen LogP contribution in [0.5, 0.6) is 5.75 Å². The Labute approximate surface area is 81.0 Å². The van der Waals surface area contributed by atoms with E-state index in [1.807, 2.05) is 0 Å². The highest BCUT2D eigenvalue weighted by molar-refractivity contribution is 5.76. The number of aliphatic hydroxyl groups excluding tert-OH is 1. The van der Waals surface area contributed by atoms with Crippen molar-refractivity contribution in [2.24, 2.45) is 7.05 Å². The number of aryl methyl sites for hydroxylation is 1. The van der Waals surface area contributed by atoms with Crippen molar-refractivity contribution < 1.29 is 19.4 Å². The van der Waals surface area contributed by atoms with Crippen molar-refractivity contribution in [1.29, 1.82) is 0 Å². The molecule has 0 amide bonds. The lowest BCUT2D eigenvalue weighted by Gasteiger charge is -2.10. The van der Waals surface area contributed by atoms with Gasteiger partial charge in [-0.3, -0.25) is 4.68 Å². The van der Waals surface area contributed by atoms with E-state index >= 15 is 0 Å². The van der Waals surface area contributed by atoms with Gasteiger partial charge in [-0.05, 0) is 0 Å². The van der Waals surface area contributed by atoms with E-state index in [1.54, 1.807) is 7.05 Å². The van der Waals surface area contributed by atoms with E-state index in [1.165, 1.54) is 25.1 Å². The summed E-state index contributed by atoms with van der Waals surface area (Å²) in [6, 6.07) is 0. The van der Waals surface area contributed by atoms with Gasteiger partial charge in [0.25, 0.3) is 0 Å². The number of hydrogen-bond acceptors (Lipinski definition) is 5. The van der Waals surface area contributed by atoms with Gasteiger partial charge < -0.3 is 14.6 Å². The quantitative estimate of drug-likeness (QED) is 0.674. The molecule has 0 bridgehead atoms. The van der Waals surface area contributed by atoms with E-state index in [9.17, 15) is 9.90 Å². The molecule has 0 saturated carbocycles. The number of aromatic nitrogens is 2. The molecule has 1 heterocycles. The van der Waals surface area contributed by atoms with Gasteiger partial charge in [0.15, 0.2) is 11.9 Å². The van der Waals surface area contributed by atoms with Crippen LogP contribution in [0.25, 0.3) is 0 Å². The zero-order chi connectivity index (χ0) is 10.7. The van der Waals surface area contributed by atoms with Crippen molar-refractivity contribution in [3.8, 4) is 5.75 Å². The van der Waals surface area contributed by atoms with Crippen LogP contribution >= 0.6 is 0 Å². The van der Waals surface area contributed by atoms with Gasteiger partial charge in [0.2, 0.25) is 0 Å². The Bertz CT molecular complexity index is 334. The molecule has 1 aromatic rings. The van der Waals surface area contributed by atoms with Crippen LogP contribution in [-0.2, 0) is 16.6 Å². The number of carbonyl (C=O) groups is 1. The van der Waals surface area contributed by atoms with Crippen molar-refractivity contribution in [3.05, 3.63) is 11.9 Å². The minimum atomic E-state index is -1.37. The number of aliphatic hydroxyl groups is 1. The Morgan fingerprint density at radius 1 is 1.64 bits per heavy atom. The first-order chi connectivity index (χ1) is 6.61. The van der Waals surface area contributed by atoms with Gasteiger partial charge >= 0.3 is 5.97 Å². The largest absolute Gasteiger partial charge is 0.493 e. The number of rotatable bonds is 3. The van der Waals surface area contributed by atoms with Crippen molar-refractivity contribution >= 4 is 5.97 Å². The Hall–Kier alpha value is -1.56. The van der Waals surface area contributed by atoms with E-state index in [0.717, 1.165) is 0 Å². The minimum absolute atomic E-state index is 0.277. The molecular weight excluding hydrogens is 188 g/mol. The van der Waals surface area contributed by atoms with Gasteiger partial charge in [-0.1, -0.05) is 0 Å². The molecule has 6 nitrogen and oxygen atoms in total. The fourth-order valence-electron chi connectivity index (χ4n) is 1.12. The number of esters is 1. The van der Waals surface area contributed by atoms with E-state index < -0.39 is 12.1 Å². The third kappa shape index (κ3) is 1.69. The molecule has 0 aliphatic carbocycles. The second-order valence-electron chi connectivity index (χ2n) is 2.65. The molecule has 0 aromatic carbocycles. The summed E-state index contributed by atoms with van der Waals surface area (Å²) < 4.78 is 10.7. The van der Waals surface area contributed by atoms with Crippen LogP contribution in [0.15, 0.2) is 6.20 Å². The molecule has 0 spiro atoms. The fourth-order valence-corrected chi connectivity index (χ4v) is 1.12. The molecule has 6 heteroatoms. The van der Waals surface area contributed by atoms with Crippen molar-refractivity contribution in [2.75, 3.05) is 14.2 Å². The van der Waals surface area contributed by atoms with Gasteiger partial charge in [0.05, 0.1) is 20.4 Å². The highest BCUT2D eigenvalue weighted by atomic mass is 16.5. The lowest BCUT2D eigenvalue weighted by Crippen LogP contribution is -2.17. The van der Waals surface area contributed by atoms with Gasteiger partial charge in [0.1, 0.15) is 5.69 Å². The zero-order valence-electron chi connectivity index (χ0n) is 8.22. The summed E-state index contributed by atoms with van der Waals surface area (Å²) in [7, 11) is 4.24. The lowest BCUT2D eigenvalue weighted by molar-refractivity contribution is -0.151. The first-order valence-corrected chi connectivity index (χ1v) is 3.93. The maximum absolute atomic E-state index is 11.1. The minimum Gasteiger partial charge on any atom is -0.493 e. The molecule has 14 heavy (non-hydrogen) atoms. The predicted octanol–water partition coefficient (Wildman–Crippen LogP) is -0.365. The van der Waals surface area contributed by atoms with Crippen molar-refractivity contribution in [2.45, 2.75) is 6.10 Å². The third-order valence-electron chi connectivity index (χ3n) is 1.85. The highest BCUT2D eigenvalue weighted by Crippen LogP contribution is 2.24. The average Bonchev–Trinajstić information content (AvgIpc) is 2.57. The molecule has 78 valence electrons. The van der Waals surface area contributed by atoms with Crippen LogP contribution in [0.3, 0.4) is 0 Å². The maximum atomic E-state index is 11.1. The summed E-state index contributed by atoms with van der Waals surface area (Å²) in [6.07, 6.45) is 0.0454. The zero-order valence-corrected chi connectivity index (χ0v) is 8.22. The molecule has 0 fully saturated rings. The molecule has 1 N–H and O–H groups in total. The van der Waals surface area contributed by atoms with E-state index in [2.05, 4.69) is 9.84 Å². The molecule has 1 rings (SSSR count). The highest BCUT2D eigenvalue weighted by Gasteiger charge is 2.25. The van der Waals surface area contributed by atoms with Crippen LogP contribution in [-0.4, -0.2) is 35.1 Å². The molecule has 1 aromatic heterocycles. The molecule has 1 atom stereocenters. The number of nitrogens with zero attached hydrogens (tertiary/aromatic N) is 2. The van der Waals surface area contributed by atoms with Gasteiger partial charge in [-0.15, -0.1) is 0 Å². The van der Waals surface area contributed by atoms with E-state index in [4.69, 9.17) is 4.74 Å². The van der Waals surface area contributed by atoms with Gasteiger partial charge in [-0.2, -0.15) is 5.10 Å². The van der Waals surface area contributed by atoms with Crippen LogP contribution in [0, 0.1) is 0 Å². The Kier molecular flexibility index (Phi) is 3.08. The average molecular weight is 200 g/mol. The normalized spacial score (nSPS) is 12.3. The van der Waals surface area contributed by atoms with Gasteiger partial charge in [0, 0.05) is 7.05 Å². The monoisotopic (exact) mass is 200 g/mol. The second kappa shape index (κ2) is 4.10. The molecule has 1 unspecified atom stereocenters. The predicted molar refractivity (Wildman–Crippen MR) is 46.7 cm³/mol. The first-order valence-electron chi connectivity index (χ1n) is 3.93. The number of ether oxygens (including phenoxy) is 2. The Morgan fingerprint density at radius 2 is 2.29 bits per heavy atom. The van der Waals surface area contributed by atoms with Crippen molar-refractivity contribution in [3.63, 3.8) is 0 Å². The lowest BCUT2D eigenvalue weighted by atomic mass is 10.2. The van der Waals surface area contributed by atoms with E-state index in [-0.39, 0.29) is 5.69 Å². The van der Waals surface area contributed by atoms with Gasteiger partial charge in [-0.25, -0.2) is 4.79 Å². The Morgan fingerprint density at radius 3 is 2.79 bits per heavy atom. The molecule has 0 aliphatic rings. The molecule has 0 aliphatic heterocycles. The number of hydrogen-bond donors (Lipinski definition) is 1. The van der Waals surface area contributed by atoms with Crippen LogP contribution in [0.2, 0.25) is 0 Å². The summed E-state index contributed by atoms with van der Waals surface area (Å²) in [4.78, 5) is 11.1. The Balaban J connectivity index is 3.04. The van der Waals surface area contributed by atoms with Crippen LogP contribution in [0.4, 0.5) is 0 Å². The fraction of sp³-hybridized carbons (Fsp3) is 0.500. The summed E-state index contributed by atoms with van der Waals surface area (Å²) in [6.45, 7) is 0. The molecule has 0 radical (unpaired) electrons. The van der Waals surface area contributed by atoms with Crippen LogP contribution < -0.4 is 4.74 Å². The second-order valence-corrected chi connectivity index (χ2v) is 2.65. The maximum Gasteiger partial charge on any atom is 0.341 e.